The monoisotopic (exact) mass is 205 g/mol. The molecule has 0 aliphatic carbocycles. The number of anilines is 1. The average molecular weight is 205 g/mol. The third-order valence-electron chi connectivity index (χ3n) is 2.12. The van der Waals surface area contributed by atoms with Gasteiger partial charge in [-0.15, -0.1) is 6.58 Å². The molecule has 0 radical (unpaired) electrons. The van der Waals surface area contributed by atoms with Gasteiger partial charge in [0.15, 0.2) is 0 Å². The lowest BCUT2D eigenvalue weighted by Crippen LogP contribution is -1.89. The molecule has 1 atom stereocenters. The zero-order valence-electron chi connectivity index (χ0n) is 8.91. The van der Waals surface area contributed by atoms with E-state index in [4.69, 9.17) is 0 Å². The second-order valence-corrected chi connectivity index (χ2v) is 3.50. The number of rotatable bonds is 5. The predicted octanol–water partition coefficient (Wildman–Crippen LogP) is 3.96. The Balaban J connectivity index is 2.36. The van der Waals surface area contributed by atoms with E-state index < -0.39 is 0 Å². The van der Waals surface area contributed by atoms with Gasteiger partial charge in [0.25, 0.3) is 0 Å². The molecule has 0 amide bonds. The Hall–Kier alpha value is -1.57. The van der Waals surface area contributed by atoms with Crippen molar-refractivity contribution < 1.29 is 4.39 Å². The predicted molar refractivity (Wildman–Crippen MR) is 63.1 cm³/mol. The zero-order chi connectivity index (χ0) is 11.1. The number of allylic oxidation sites excluding steroid dienone is 2. The standard InChI is InChI=1S/C13H16FN/c1-3-11(2)5-4-10-15-13-8-6-12(14)7-9-13/h3-4,6-11,15H,1,5H2,2H3/b10-4+. The summed E-state index contributed by atoms with van der Waals surface area (Å²) in [7, 11) is 0. The summed E-state index contributed by atoms with van der Waals surface area (Å²) >= 11 is 0. The van der Waals surface area contributed by atoms with E-state index in [-0.39, 0.29) is 5.82 Å². The number of halogens is 1. The van der Waals surface area contributed by atoms with E-state index in [1.807, 2.05) is 18.4 Å². The molecule has 80 valence electrons. The van der Waals surface area contributed by atoms with Crippen LogP contribution in [0.3, 0.4) is 0 Å². The van der Waals surface area contributed by atoms with Gasteiger partial charge < -0.3 is 5.32 Å². The molecule has 1 aromatic carbocycles. The summed E-state index contributed by atoms with van der Waals surface area (Å²) in [5, 5.41) is 3.07. The second-order valence-electron chi connectivity index (χ2n) is 3.50. The van der Waals surface area contributed by atoms with Gasteiger partial charge in [0.1, 0.15) is 5.82 Å². The van der Waals surface area contributed by atoms with Crippen LogP contribution >= 0.6 is 0 Å². The lowest BCUT2D eigenvalue weighted by atomic mass is 10.1. The Kier molecular flexibility index (Phi) is 4.61. The lowest BCUT2D eigenvalue weighted by Gasteiger charge is -2.01. The average Bonchev–Trinajstić information content (AvgIpc) is 2.26. The first-order valence-corrected chi connectivity index (χ1v) is 5.02. The zero-order valence-corrected chi connectivity index (χ0v) is 8.91. The Morgan fingerprint density at radius 1 is 1.40 bits per heavy atom. The van der Waals surface area contributed by atoms with Gasteiger partial charge in [-0.2, -0.15) is 0 Å². The van der Waals surface area contributed by atoms with Crippen molar-refractivity contribution in [3.8, 4) is 0 Å². The van der Waals surface area contributed by atoms with E-state index in [0.29, 0.717) is 5.92 Å². The van der Waals surface area contributed by atoms with Gasteiger partial charge in [0.2, 0.25) is 0 Å². The molecular weight excluding hydrogens is 189 g/mol. The summed E-state index contributed by atoms with van der Waals surface area (Å²) < 4.78 is 12.6. The quantitative estimate of drug-likeness (QED) is 0.717. The summed E-state index contributed by atoms with van der Waals surface area (Å²) in [6.07, 6.45) is 6.78. The van der Waals surface area contributed by atoms with Crippen LogP contribution in [0, 0.1) is 11.7 Å². The molecule has 0 spiro atoms. The van der Waals surface area contributed by atoms with Crippen molar-refractivity contribution in [3.63, 3.8) is 0 Å². The topological polar surface area (TPSA) is 12.0 Å². The molecule has 0 aliphatic heterocycles. The molecule has 0 saturated carbocycles. The SMILES string of the molecule is C=CC(C)C/C=C/Nc1ccc(F)cc1. The van der Waals surface area contributed by atoms with E-state index in [2.05, 4.69) is 18.8 Å². The summed E-state index contributed by atoms with van der Waals surface area (Å²) in [5.41, 5.74) is 0.888. The maximum Gasteiger partial charge on any atom is 0.123 e. The molecule has 15 heavy (non-hydrogen) atoms. The lowest BCUT2D eigenvalue weighted by molar-refractivity contribution is 0.628. The summed E-state index contributed by atoms with van der Waals surface area (Å²) in [6.45, 7) is 5.82. The number of hydrogen-bond donors (Lipinski definition) is 1. The first-order chi connectivity index (χ1) is 7.22. The van der Waals surface area contributed by atoms with Crippen LogP contribution in [0.2, 0.25) is 0 Å². The van der Waals surface area contributed by atoms with Crippen molar-refractivity contribution in [1.29, 1.82) is 0 Å². The van der Waals surface area contributed by atoms with Crippen molar-refractivity contribution >= 4 is 5.69 Å². The van der Waals surface area contributed by atoms with Gasteiger partial charge in [0.05, 0.1) is 0 Å². The van der Waals surface area contributed by atoms with Crippen LogP contribution in [0.1, 0.15) is 13.3 Å². The molecule has 2 heteroatoms. The summed E-state index contributed by atoms with van der Waals surface area (Å²) in [6, 6.07) is 6.28. The molecule has 1 N–H and O–H groups in total. The minimum Gasteiger partial charge on any atom is -0.362 e. The van der Waals surface area contributed by atoms with Crippen LogP contribution in [0.5, 0.6) is 0 Å². The van der Waals surface area contributed by atoms with Crippen LogP contribution < -0.4 is 5.32 Å². The highest BCUT2D eigenvalue weighted by Gasteiger charge is 1.91. The van der Waals surface area contributed by atoms with Crippen molar-refractivity contribution in [2.75, 3.05) is 5.32 Å². The number of nitrogens with one attached hydrogen (secondary N) is 1. The smallest absolute Gasteiger partial charge is 0.123 e. The van der Waals surface area contributed by atoms with Crippen molar-refractivity contribution in [2.24, 2.45) is 5.92 Å². The van der Waals surface area contributed by atoms with Gasteiger partial charge in [0, 0.05) is 5.69 Å². The molecule has 0 bridgehead atoms. The van der Waals surface area contributed by atoms with Gasteiger partial charge >= 0.3 is 0 Å². The largest absolute Gasteiger partial charge is 0.362 e. The maximum atomic E-state index is 12.6. The Morgan fingerprint density at radius 3 is 2.67 bits per heavy atom. The molecule has 1 rings (SSSR count). The van der Waals surface area contributed by atoms with E-state index in [0.717, 1.165) is 12.1 Å². The molecule has 0 aliphatic rings. The summed E-state index contributed by atoms with van der Waals surface area (Å²) in [5.74, 6) is 0.265. The fraction of sp³-hybridized carbons (Fsp3) is 0.231. The van der Waals surface area contributed by atoms with E-state index in [1.54, 1.807) is 12.1 Å². The first kappa shape index (κ1) is 11.5. The molecule has 0 saturated heterocycles. The van der Waals surface area contributed by atoms with E-state index in [9.17, 15) is 4.39 Å². The van der Waals surface area contributed by atoms with Crippen molar-refractivity contribution in [1.82, 2.24) is 0 Å². The van der Waals surface area contributed by atoms with Crippen molar-refractivity contribution in [2.45, 2.75) is 13.3 Å². The Morgan fingerprint density at radius 2 is 2.07 bits per heavy atom. The molecule has 0 fully saturated rings. The van der Waals surface area contributed by atoms with Gasteiger partial charge in [-0.3, -0.25) is 0 Å². The van der Waals surface area contributed by atoms with Gasteiger partial charge in [-0.05, 0) is 42.8 Å². The van der Waals surface area contributed by atoms with Crippen LogP contribution in [0.25, 0.3) is 0 Å². The molecular formula is C13H16FN. The third kappa shape index (κ3) is 4.45. The van der Waals surface area contributed by atoms with Gasteiger partial charge in [-0.25, -0.2) is 4.39 Å². The maximum absolute atomic E-state index is 12.6. The number of hydrogen-bond acceptors (Lipinski definition) is 1. The highest BCUT2D eigenvalue weighted by atomic mass is 19.1. The van der Waals surface area contributed by atoms with Crippen molar-refractivity contribution in [3.05, 3.63) is 55.0 Å². The Bertz CT molecular complexity index is 327. The highest BCUT2D eigenvalue weighted by molar-refractivity contribution is 5.45. The fourth-order valence-corrected chi connectivity index (χ4v) is 1.08. The highest BCUT2D eigenvalue weighted by Crippen LogP contribution is 2.08. The molecule has 0 heterocycles. The van der Waals surface area contributed by atoms with E-state index >= 15 is 0 Å². The summed E-state index contributed by atoms with van der Waals surface area (Å²) in [4.78, 5) is 0. The third-order valence-corrected chi connectivity index (χ3v) is 2.12. The van der Waals surface area contributed by atoms with Crippen LogP contribution in [-0.4, -0.2) is 0 Å². The molecule has 1 nitrogen and oxygen atoms in total. The Labute approximate surface area is 90.3 Å². The van der Waals surface area contributed by atoms with Crippen LogP contribution in [-0.2, 0) is 0 Å². The van der Waals surface area contributed by atoms with E-state index in [1.165, 1.54) is 12.1 Å². The molecule has 0 aromatic heterocycles. The first-order valence-electron chi connectivity index (χ1n) is 5.02. The molecule has 1 unspecified atom stereocenters. The normalized spacial score (nSPS) is 12.7. The van der Waals surface area contributed by atoms with Crippen LogP contribution in [0.15, 0.2) is 49.2 Å². The fourth-order valence-electron chi connectivity index (χ4n) is 1.08. The van der Waals surface area contributed by atoms with Gasteiger partial charge in [-0.1, -0.05) is 19.1 Å². The minimum atomic E-state index is -0.218. The molecule has 1 aromatic rings. The van der Waals surface area contributed by atoms with Crippen LogP contribution in [0.4, 0.5) is 10.1 Å². The minimum absolute atomic E-state index is 0.218. The number of benzene rings is 1. The second kappa shape index (κ2) is 6.02.